The smallest absolute Gasteiger partial charge is 0.548 e. The van der Waals surface area contributed by atoms with E-state index in [1.165, 1.54) is 0 Å². The molecule has 0 spiro atoms. The third-order valence-electron chi connectivity index (χ3n) is 1.68. The molecule has 2 unspecified atom stereocenters. The van der Waals surface area contributed by atoms with Gasteiger partial charge in [-0.05, 0) is 19.4 Å². The minimum absolute atomic E-state index is 0. The van der Waals surface area contributed by atoms with Crippen molar-refractivity contribution in [1.29, 1.82) is 0 Å². The summed E-state index contributed by atoms with van der Waals surface area (Å²) in [4.78, 5) is 10.2. The maximum Gasteiger partial charge on any atom is 1.00 e. The number of carboxylic acids is 1. The van der Waals surface area contributed by atoms with Gasteiger partial charge in [-0.2, -0.15) is 0 Å². The molecule has 11 heavy (non-hydrogen) atoms. The average Bonchev–Trinajstić information content (AvgIpc) is 1.88. The van der Waals surface area contributed by atoms with Gasteiger partial charge in [0.25, 0.3) is 0 Å². The van der Waals surface area contributed by atoms with Crippen molar-refractivity contribution in [3.8, 4) is 0 Å². The largest absolute Gasteiger partial charge is 1.00 e. The van der Waals surface area contributed by atoms with Gasteiger partial charge in [-0.3, -0.25) is 0 Å². The summed E-state index contributed by atoms with van der Waals surface area (Å²) in [6, 6.07) is -0.867. The van der Waals surface area contributed by atoms with Crippen LogP contribution in [0.25, 0.3) is 0 Å². The molecule has 4 nitrogen and oxygen atoms in total. The molecule has 2 atom stereocenters. The molecule has 1 saturated heterocycles. The first kappa shape index (κ1) is 11.4. The standard InChI is InChI=1S/C6H11NO3.Na/c8-4-2-1-3-7-5(4)6(9)10;/h4-5,7-8H,1-3H2,(H,9,10);/q;+1/p-1. The third kappa shape index (κ3) is 3.09. The maximum absolute atomic E-state index is 10.2. The summed E-state index contributed by atoms with van der Waals surface area (Å²) in [5.41, 5.74) is 0. The summed E-state index contributed by atoms with van der Waals surface area (Å²) in [6.45, 7) is 0.649. The van der Waals surface area contributed by atoms with E-state index >= 15 is 0 Å². The van der Waals surface area contributed by atoms with Crippen molar-refractivity contribution in [2.75, 3.05) is 6.54 Å². The van der Waals surface area contributed by atoms with Crippen molar-refractivity contribution in [2.24, 2.45) is 0 Å². The van der Waals surface area contributed by atoms with Gasteiger partial charge in [-0.1, -0.05) is 0 Å². The number of hydrogen-bond donors (Lipinski definition) is 2. The topological polar surface area (TPSA) is 72.4 Å². The number of carbonyl (C=O) groups excluding carboxylic acids is 1. The van der Waals surface area contributed by atoms with Crippen LogP contribution in [0.2, 0.25) is 0 Å². The Hall–Kier alpha value is 0.390. The Bertz CT molecular complexity index is 142. The number of rotatable bonds is 1. The molecule has 1 fully saturated rings. The van der Waals surface area contributed by atoms with Gasteiger partial charge in [0.05, 0.1) is 18.1 Å². The summed E-state index contributed by atoms with van der Waals surface area (Å²) < 4.78 is 0. The van der Waals surface area contributed by atoms with Crippen LogP contribution in [0.1, 0.15) is 12.8 Å². The number of carbonyl (C=O) groups is 1. The number of hydrogen-bond acceptors (Lipinski definition) is 4. The normalized spacial score (nSPS) is 30.6. The number of aliphatic carboxylic acids is 1. The number of aliphatic hydroxyl groups excluding tert-OH is 1. The Morgan fingerprint density at radius 1 is 1.64 bits per heavy atom. The first-order valence-corrected chi connectivity index (χ1v) is 3.34. The van der Waals surface area contributed by atoms with Crippen molar-refractivity contribution < 1.29 is 44.6 Å². The van der Waals surface area contributed by atoms with E-state index in [0.29, 0.717) is 13.0 Å². The molecule has 0 aromatic heterocycles. The SMILES string of the molecule is O=C([O-])C1NCCCC1O.[Na+]. The molecule has 1 aliphatic rings. The molecular weight excluding hydrogens is 157 g/mol. The third-order valence-corrected chi connectivity index (χ3v) is 1.68. The molecule has 0 aliphatic carbocycles. The predicted octanol–water partition coefficient (Wildman–Crippen LogP) is -5.15. The molecule has 2 N–H and O–H groups in total. The molecule has 0 aromatic carbocycles. The zero-order chi connectivity index (χ0) is 7.56. The van der Waals surface area contributed by atoms with E-state index in [-0.39, 0.29) is 29.6 Å². The molecule has 0 radical (unpaired) electrons. The fourth-order valence-corrected chi connectivity index (χ4v) is 1.11. The van der Waals surface area contributed by atoms with Crippen molar-refractivity contribution in [3.63, 3.8) is 0 Å². The van der Waals surface area contributed by atoms with Crippen molar-refractivity contribution in [2.45, 2.75) is 25.0 Å². The summed E-state index contributed by atoms with van der Waals surface area (Å²) in [5.74, 6) is -1.22. The fourth-order valence-electron chi connectivity index (χ4n) is 1.11. The minimum Gasteiger partial charge on any atom is -0.548 e. The van der Waals surface area contributed by atoms with Crippen molar-refractivity contribution >= 4 is 5.97 Å². The van der Waals surface area contributed by atoms with Gasteiger partial charge in [0, 0.05) is 0 Å². The number of piperidine rings is 1. The molecule has 0 bridgehead atoms. The summed E-state index contributed by atoms with van der Waals surface area (Å²) >= 11 is 0. The van der Waals surface area contributed by atoms with Crippen LogP contribution in [0.4, 0.5) is 0 Å². The summed E-state index contributed by atoms with van der Waals surface area (Å²) in [7, 11) is 0. The number of carboxylic acid groups (broad SMARTS) is 1. The van der Waals surface area contributed by atoms with Gasteiger partial charge >= 0.3 is 29.6 Å². The van der Waals surface area contributed by atoms with E-state index in [2.05, 4.69) is 5.32 Å². The van der Waals surface area contributed by atoms with Gasteiger partial charge in [0.15, 0.2) is 0 Å². The molecule has 0 aromatic rings. The van der Waals surface area contributed by atoms with Gasteiger partial charge in [0.2, 0.25) is 0 Å². The second-order valence-corrected chi connectivity index (χ2v) is 2.46. The van der Waals surface area contributed by atoms with E-state index in [9.17, 15) is 9.90 Å². The van der Waals surface area contributed by atoms with Crippen LogP contribution in [0.15, 0.2) is 0 Å². The van der Waals surface area contributed by atoms with E-state index in [0.717, 1.165) is 6.42 Å². The Kier molecular flexibility index (Phi) is 5.29. The molecule has 1 aliphatic heterocycles. The summed E-state index contributed by atoms with van der Waals surface area (Å²) in [6.07, 6.45) is 0.593. The molecule has 1 heterocycles. The first-order chi connectivity index (χ1) is 4.72. The van der Waals surface area contributed by atoms with Crippen LogP contribution in [-0.2, 0) is 4.79 Å². The van der Waals surface area contributed by atoms with Crippen LogP contribution in [-0.4, -0.2) is 29.8 Å². The summed E-state index contributed by atoms with van der Waals surface area (Å²) in [5, 5.41) is 21.9. The van der Waals surface area contributed by atoms with Crippen LogP contribution in [0, 0.1) is 0 Å². The molecule has 5 heteroatoms. The monoisotopic (exact) mass is 167 g/mol. The second kappa shape index (κ2) is 5.11. The fraction of sp³-hybridized carbons (Fsp3) is 0.833. The van der Waals surface area contributed by atoms with Crippen LogP contribution in [0.3, 0.4) is 0 Å². The number of nitrogens with one attached hydrogen (secondary N) is 1. The van der Waals surface area contributed by atoms with E-state index < -0.39 is 18.1 Å². The van der Waals surface area contributed by atoms with Crippen LogP contribution < -0.4 is 40.0 Å². The van der Waals surface area contributed by atoms with Crippen LogP contribution in [0.5, 0.6) is 0 Å². The van der Waals surface area contributed by atoms with Gasteiger partial charge in [-0.15, -0.1) is 0 Å². The van der Waals surface area contributed by atoms with E-state index in [4.69, 9.17) is 5.11 Å². The Morgan fingerprint density at radius 3 is 2.64 bits per heavy atom. The van der Waals surface area contributed by atoms with E-state index in [1.807, 2.05) is 0 Å². The Balaban J connectivity index is 0.000001000. The van der Waals surface area contributed by atoms with Gasteiger partial charge < -0.3 is 20.3 Å². The predicted molar refractivity (Wildman–Crippen MR) is 32.0 cm³/mol. The second-order valence-electron chi connectivity index (χ2n) is 2.46. The molecule has 0 amide bonds. The van der Waals surface area contributed by atoms with Crippen LogP contribution >= 0.6 is 0 Å². The quantitative estimate of drug-likeness (QED) is 0.383. The maximum atomic E-state index is 10.2. The van der Waals surface area contributed by atoms with E-state index in [1.54, 1.807) is 0 Å². The molecule has 0 saturated carbocycles. The minimum atomic E-state index is -1.22. The van der Waals surface area contributed by atoms with Gasteiger partial charge in [-0.25, -0.2) is 0 Å². The Labute approximate surface area is 87.3 Å². The Morgan fingerprint density at radius 2 is 2.27 bits per heavy atom. The number of aliphatic hydroxyl groups is 1. The first-order valence-electron chi connectivity index (χ1n) is 3.34. The molecular formula is C6H10NNaO3. The zero-order valence-corrected chi connectivity index (χ0v) is 8.54. The average molecular weight is 167 g/mol. The molecule has 58 valence electrons. The zero-order valence-electron chi connectivity index (χ0n) is 6.54. The molecule has 1 rings (SSSR count). The van der Waals surface area contributed by atoms with Crippen molar-refractivity contribution in [1.82, 2.24) is 5.32 Å². The van der Waals surface area contributed by atoms with Crippen molar-refractivity contribution in [3.05, 3.63) is 0 Å². The van der Waals surface area contributed by atoms with Gasteiger partial charge in [0.1, 0.15) is 0 Å².